The third-order valence-corrected chi connectivity index (χ3v) is 2.93. The molecule has 2 N–H and O–H groups in total. The van der Waals surface area contributed by atoms with Gasteiger partial charge in [-0.3, -0.25) is 4.68 Å². The molecule has 0 radical (unpaired) electrons. The average Bonchev–Trinajstić information content (AvgIpc) is 2.58. The van der Waals surface area contributed by atoms with E-state index in [4.69, 9.17) is 5.73 Å². The van der Waals surface area contributed by atoms with Gasteiger partial charge in [0.05, 0.1) is 5.69 Å². The van der Waals surface area contributed by atoms with Crippen LogP contribution < -0.4 is 5.73 Å². The fourth-order valence-corrected chi connectivity index (χ4v) is 1.97. The van der Waals surface area contributed by atoms with Gasteiger partial charge in [0.15, 0.2) is 0 Å². The maximum absolute atomic E-state index is 5.84. The molecular formula is C14H19N3. The first-order valence-electron chi connectivity index (χ1n) is 5.79. The molecule has 0 saturated carbocycles. The van der Waals surface area contributed by atoms with Gasteiger partial charge < -0.3 is 5.73 Å². The van der Waals surface area contributed by atoms with Crippen LogP contribution in [0.1, 0.15) is 26.3 Å². The highest BCUT2D eigenvalue weighted by molar-refractivity contribution is 5.67. The van der Waals surface area contributed by atoms with Crippen molar-refractivity contribution in [3.8, 4) is 11.3 Å². The van der Waals surface area contributed by atoms with Crippen LogP contribution in [0.2, 0.25) is 0 Å². The van der Waals surface area contributed by atoms with Crippen molar-refractivity contribution in [3.63, 3.8) is 0 Å². The largest absolute Gasteiger partial charge is 0.384 e. The fraction of sp³-hybridized carbons (Fsp3) is 0.357. The van der Waals surface area contributed by atoms with Gasteiger partial charge in [-0.1, -0.05) is 45.0 Å². The highest BCUT2D eigenvalue weighted by Crippen LogP contribution is 2.32. The second-order valence-electron chi connectivity index (χ2n) is 5.37. The number of nitrogens with zero attached hydrogens (tertiary/aromatic N) is 2. The molecule has 0 aliphatic carbocycles. The van der Waals surface area contributed by atoms with E-state index < -0.39 is 0 Å². The van der Waals surface area contributed by atoms with E-state index in [0.717, 1.165) is 11.3 Å². The van der Waals surface area contributed by atoms with Crippen molar-refractivity contribution >= 4 is 5.82 Å². The summed E-state index contributed by atoms with van der Waals surface area (Å²) in [6, 6.07) is 10.3. The quantitative estimate of drug-likeness (QED) is 0.817. The van der Waals surface area contributed by atoms with E-state index in [1.165, 1.54) is 5.56 Å². The molecule has 2 aromatic rings. The van der Waals surface area contributed by atoms with E-state index in [2.05, 4.69) is 44.1 Å². The zero-order valence-electron chi connectivity index (χ0n) is 10.9. The first-order chi connectivity index (χ1) is 7.89. The number of nitrogens with two attached hydrogens (primary N) is 1. The summed E-state index contributed by atoms with van der Waals surface area (Å²) >= 11 is 0. The summed E-state index contributed by atoms with van der Waals surface area (Å²) in [6.45, 7) is 6.62. The second kappa shape index (κ2) is 3.91. The molecule has 2 rings (SSSR count). The number of anilines is 1. The first-order valence-corrected chi connectivity index (χ1v) is 5.79. The van der Waals surface area contributed by atoms with Gasteiger partial charge >= 0.3 is 0 Å². The van der Waals surface area contributed by atoms with Crippen molar-refractivity contribution in [3.05, 3.63) is 35.9 Å². The van der Waals surface area contributed by atoms with Gasteiger partial charge in [-0.15, -0.1) is 0 Å². The topological polar surface area (TPSA) is 43.8 Å². The van der Waals surface area contributed by atoms with E-state index in [1.807, 2.05) is 19.2 Å². The van der Waals surface area contributed by atoms with Crippen LogP contribution in [0.25, 0.3) is 11.3 Å². The van der Waals surface area contributed by atoms with Crippen LogP contribution in [-0.4, -0.2) is 9.78 Å². The van der Waals surface area contributed by atoms with Crippen molar-refractivity contribution in [1.29, 1.82) is 0 Å². The zero-order chi connectivity index (χ0) is 12.6. The minimum atomic E-state index is 0.100. The van der Waals surface area contributed by atoms with E-state index in [9.17, 15) is 0 Å². The Labute approximate surface area is 102 Å². The molecule has 17 heavy (non-hydrogen) atoms. The summed E-state index contributed by atoms with van der Waals surface area (Å²) in [7, 11) is 1.86. The Morgan fingerprint density at radius 2 is 1.82 bits per heavy atom. The molecule has 3 heteroatoms. The van der Waals surface area contributed by atoms with Gasteiger partial charge in [-0.25, -0.2) is 0 Å². The fourth-order valence-electron chi connectivity index (χ4n) is 1.97. The first kappa shape index (κ1) is 11.7. The predicted octanol–water partition coefficient (Wildman–Crippen LogP) is 2.97. The normalized spacial score (nSPS) is 11.8. The lowest BCUT2D eigenvalue weighted by molar-refractivity contribution is 0.591. The molecule has 1 aromatic carbocycles. The van der Waals surface area contributed by atoms with Crippen molar-refractivity contribution < 1.29 is 0 Å². The van der Waals surface area contributed by atoms with Crippen molar-refractivity contribution in [2.45, 2.75) is 26.2 Å². The molecular weight excluding hydrogens is 210 g/mol. The standard InChI is InChI=1S/C14H19N3/c1-14(2,3)11-8-6-5-7-10(11)12-9-13(15)17(4)16-12/h5-9H,15H2,1-4H3. The molecule has 90 valence electrons. The van der Waals surface area contributed by atoms with Gasteiger partial charge in [0.2, 0.25) is 0 Å². The predicted molar refractivity (Wildman–Crippen MR) is 71.8 cm³/mol. The van der Waals surface area contributed by atoms with E-state index >= 15 is 0 Å². The van der Waals surface area contributed by atoms with Gasteiger partial charge in [0.1, 0.15) is 5.82 Å². The van der Waals surface area contributed by atoms with Crippen molar-refractivity contribution in [2.75, 3.05) is 5.73 Å². The average molecular weight is 229 g/mol. The third kappa shape index (κ3) is 2.18. The molecule has 0 amide bonds. The number of aryl methyl sites for hydroxylation is 1. The highest BCUT2D eigenvalue weighted by atomic mass is 15.3. The van der Waals surface area contributed by atoms with Crippen LogP contribution in [0.3, 0.4) is 0 Å². The van der Waals surface area contributed by atoms with Gasteiger partial charge in [-0.05, 0) is 11.0 Å². The summed E-state index contributed by atoms with van der Waals surface area (Å²) in [5.41, 5.74) is 9.33. The van der Waals surface area contributed by atoms with Crippen LogP contribution in [-0.2, 0) is 12.5 Å². The summed E-state index contributed by atoms with van der Waals surface area (Å²) in [5.74, 6) is 0.684. The van der Waals surface area contributed by atoms with E-state index in [-0.39, 0.29) is 5.41 Å². The van der Waals surface area contributed by atoms with Crippen molar-refractivity contribution in [1.82, 2.24) is 9.78 Å². The molecule has 3 nitrogen and oxygen atoms in total. The lowest BCUT2D eigenvalue weighted by atomic mass is 9.83. The third-order valence-electron chi connectivity index (χ3n) is 2.93. The minimum Gasteiger partial charge on any atom is -0.384 e. The van der Waals surface area contributed by atoms with Crippen LogP contribution in [0.5, 0.6) is 0 Å². The molecule has 0 unspecified atom stereocenters. The Morgan fingerprint density at radius 1 is 1.18 bits per heavy atom. The number of hydrogen-bond donors (Lipinski definition) is 1. The Hall–Kier alpha value is -1.77. The Kier molecular flexibility index (Phi) is 2.69. The van der Waals surface area contributed by atoms with Crippen LogP contribution >= 0.6 is 0 Å². The number of hydrogen-bond acceptors (Lipinski definition) is 2. The van der Waals surface area contributed by atoms with Crippen LogP contribution in [0.15, 0.2) is 30.3 Å². The lowest BCUT2D eigenvalue weighted by Gasteiger charge is -2.22. The molecule has 0 bridgehead atoms. The van der Waals surface area contributed by atoms with Gasteiger partial charge in [-0.2, -0.15) is 5.10 Å². The number of aromatic nitrogens is 2. The molecule has 1 heterocycles. The van der Waals surface area contributed by atoms with Crippen molar-refractivity contribution in [2.24, 2.45) is 7.05 Å². The molecule has 0 atom stereocenters. The number of benzene rings is 1. The van der Waals surface area contributed by atoms with Crippen LogP contribution in [0, 0.1) is 0 Å². The van der Waals surface area contributed by atoms with Crippen LogP contribution in [0.4, 0.5) is 5.82 Å². The summed E-state index contributed by atoms with van der Waals surface area (Å²) in [6.07, 6.45) is 0. The second-order valence-corrected chi connectivity index (χ2v) is 5.37. The Morgan fingerprint density at radius 3 is 2.35 bits per heavy atom. The smallest absolute Gasteiger partial charge is 0.121 e. The lowest BCUT2D eigenvalue weighted by Crippen LogP contribution is -2.12. The molecule has 0 aliphatic heterocycles. The molecule has 0 fully saturated rings. The number of rotatable bonds is 1. The van der Waals surface area contributed by atoms with Gasteiger partial charge in [0, 0.05) is 18.7 Å². The molecule has 1 aromatic heterocycles. The maximum Gasteiger partial charge on any atom is 0.121 e. The molecule has 0 saturated heterocycles. The summed E-state index contributed by atoms with van der Waals surface area (Å²) in [4.78, 5) is 0. The SMILES string of the molecule is Cn1nc(-c2ccccc2C(C)(C)C)cc1N. The molecule has 0 spiro atoms. The summed E-state index contributed by atoms with van der Waals surface area (Å²) in [5, 5.41) is 4.45. The Balaban J connectivity index is 2.60. The van der Waals surface area contributed by atoms with E-state index in [0.29, 0.717) is 5.82 Å². The maximum atomic E-state index is 5.84. The van der Waals surface area contributed by atoms with Gasteiger partial charge in [0.25, 0.3) is 0 Å². The zero-order valence-corrected chi connectivity index (χ0v) is 10.9. The monoisotopic (exact) mass is 229 g/mol. The Bertz CT molecular complexity index is 513. The summed E-state index contributed by atoms with van der Waals surface area (Å²) < 4.78 is 1.70. The molecule has 0 aliphatic rings. The highest BCUT2D eigenvalue weighted by Gasteiger charge is 2.19. The minimum absolute atomic E-state index is 0.100. The van der Waals surface area contributed by atoms with E-state index in [1.54, 1.807) is 4.68 Å². The number of nitrogen functional groups attached to an aromatic ring is 1.